The Morgan fingerprint density at radius 1 is 1.25 bits per heavy atom. The number of halogens is 1. The van der Waals surface area contributed by atoms with Crippen molar-refractivity contribution in [2.45, 2.75) is 12.8 Å². The molecule has 0 heterocycles. The van der Waals surface area contributed by atoms with Gasteiger partial charge in [-0.3, -0.25) is 4.79 Å². The number of carbonyl (C=O) groups excluding carboxylic acids is 1. The van der Waals surface area contributed by atoms with Crippen LogP contribution in [-0.4, -0.2) is 12.2 Å². The topological polar surface area (TPSA) is 17.1 Å². The molecule has 63 valence electrons. The minimum absolute atomic E-state index is 0.602. The van der Waals surface area contributed by atoms with Crippen molar-refractivity contribution in [1.82, 2.24) is 0 Å². The van der Waals surface area contributed by atoms with Crippen LogP contribution in [0.5, 0.6) is 0 Å². The van der Waals surface area contributed by atoms with Crippen LogP contribution in [0.3, 0.4) is 0 Å². The first-order valence-electron chi connectivity index (χ1n) is 3.90. The summed E-state index contributed by atoms with van der Waals surface area (Å²) >= 11 is 5.55. The Morgan fingerprint density at radius 2 is 1.92 bits per heavy atom. The summed E-state index contributed by atoms with van der Waals surface area (Å²) in [5, 5.41) is 0. The molecule has 0 spiro atoms. The summed E-state index contributed by atoms with van der Waals surface area (Å²) in [5.41, 5.74) is 1.82. The largest absolute Gasteiger partial charge is 0.285 e. The number of aryl methyl sites for hydroxylation is 1. The first-order chi connectivity index (χ1) is 5.86. The minimum atomic E-state index is 0.602. The van der Waals surface area contributed by atoms with Gasteiger partial charge in [-0.15, -0.1) is 11.6 Å². The maximum Gasteiger partial charge on any atom is 0.233 e. The van der Waals surface area contributed by atoms with Crippen LogP contribution in [0.2, 0.25) is 0 Å². The van der Waals surface area contributed by atoms with E-state index in [4.69, 9.17) is 11.6 Å². The molecule has 1 nitrogen and oxygen atoms in total. The van der Waals surface area contributed by atoms with E-state index < -0.39 is 0 Å². The van der Waals surface area contributed by atoms with Gasteiger partial charge in [-0.05, 0) is 18.4 Å². The molecule has 0 saturated carbocycles. The minimum Gasteiger partial charge on any atom is -0.285 e. The third-order valence-electron chi connectivity index (χ3n) is 1.67. The molecule has 0 unspecified atom stereocenters. The zero-order valence-corrected chi connectivity index (χ0v) is 7.47. The van der Waals surface area contributed by atoms with E-state index in [-0.39, 0.29) is 0 Å². The third-order valence-corrected chi connectivity index (χ3v) is 1.94. The van der Waals surface area contributed by atoms with E-state index in [1.165, 1.54) is 5.56 Å². The average Bonchev–Trinajstić information content (AvgIpc) is 2.15. The molecule has 0 aliphatic rings. The number of rotatable bonds is 4. The summed E-state index contributed by atoms with van der Waals surface area (Å²) in [7, 11) is 0. The molecule has 12 heavy (non-hydrogen) atoms. The van der Waals surface area contributed by atoms with E-state index >= 15 is 0 Å². The molecule has 0 N–H and O–H groups in total. The highest BCUT2D eigenvalue weighted by Crippen LogP contribution is 2.05. The van der Waals surface area contributed by atoms with Gasteiger partial charge in [0.15, 0.2) is 0 Å². The summed E-state index contributed by atoms with van der Waals surface area (Å²) in [6, 6.07) is 7.42. The zero-order valence-electron chi connectivity index (χ0n) is 6.72. The van der Waals surface area contributed by atoms with E-state index in [1.54, 1.807) is 12.1 Å². The molecule has 0 aliphatic carbocycles. The first kappa shape index (κ1) is 9.27. The van der Waals surface area contributed by atoms with Gasteiger partial charge in [0.25, 0.3) is 0 Å². The highest BCUT2D eigenvalue weighted by molar-refractivity contribution is 6.17. The molecular formula is C10H10ClO. The Balaban J connectivity index is 2.58. The van der Waals surface area contributed by atoms with Crippen molar-refractivity contribution in [3.8, 4) is 0 Å². The number of hydrogen-bond acceptors (Lipinski definition) is 1. The fourth-order valence-corrected chi connectivity index (χ4v) is 1.14. The standard InChI is InChI=1S/C10H10ClO/c11-7-1-2-9-3-5-10(8-12)6-4-9/h3-6H,1-2,7H2. The third kappa shape index (κ3) is 2.67. The predicted octanol–water partition coefficient (Wildman–Crippen LogP) is 2.32. The molecule has 1 aromatic rings. The van der Waals surface area contributed by atoms with Gasteiger partial charge in [-0.2, -0.15) is 0 Å². The maximum atomic E-state index is 10.2. The highest BCUT2D eigenvalue weighted by atomic mass is 35.5. The molecule has 0 amide bonds. The van der Waals surface area contributed by atoms with Crippen molar-refractivity contribution in [1.29, 1.82) is 0 Å². The van der Waals surface area contributed by atoms with E-state index in [1.807, 2.05) is 18.4 Å². The van der Waals surface area contributed by atoms with E-state index in [9.17, 15) is 4.79 Å². The molecule has 0 fully saturated rings. The van der Waals surface area contributed by atoms with Crippen LogP contribution in [0.4, 0.5) is 0 Å². The van der Waals surface area contributed by atoms with Crippen molar-refractivity contribution in [2.75, 3.05) is 5.88 Å². The van der Waals surface area contributed by atoms with E-state index in [2.05, 4.69) is 0 Å². The summed E-state index contributed by atoms with van der Waals surface area (Å²) in [6.07, 6.45) is 3.79. The van der Waals surface area contributed by atoms with E-state index in [0.717, 1.165) is 12.8 Å². The number of alkyl halides is 1. The van der Waals surface area contributed by atoms with Crippen LogP contribution in [-0.2, 0) is 11.2 Å². The second kappa shape index (κ2) is 4.94. The van der Waals surface area contributed by atoms with E-state index in [0.29, 0.717) is 11.4 Å². The van der Waals surface area contributed by atoms with Crippen molar-refractivity contribution < 1.29 is 4.79 Å². The van der Waals surface area contributed by atoms with Gasteiger partial charge in [0.2, 0.25) is 6.29 Å². The zero-order chi connectivity index (χ0) is 8.81. The molecule has 1 aromatic carbocycles. The molecule has 1 radical (unpaired) electrons. The fraction of sp³-hybridized carbons (Fsp3) is 0.300. The molecule has 2 heteroatoms. The lowest BCUT2D eigenvalue weighted by Gasteiger charge is -1.97. The Morgan fingerprint density at radius 3 is 2.42 bits per heavy atom. The number of hydrogen-bond donors (Lipinski definition) is 0. The van der Waals surface area contributed by atoms with Crippen molar-refractivity contribution >= 4 is 17.9 Å². The predicted molar refractivity (Wildman–Crippen MR) is 50.3 cm³/mol. The SMILES string of the molecule is O=[C]c1ccc(CCCCl)cc1. The Bertz CT molecular complexity index is 241. The molecule has 0 saturated heterocycles. The molecule has 0 bridgehead atoms. The highest BCUT2D eigenvalue weighted by Gasteiger charge is 1.93. The Hall–Kier alpha value is -0.820. The quantitative estimate of drug-likeness (QED) is 0.652. The second-order valence-corrected chi connectivity index (χ2v) is 2.97. The summed E-state index contributed by atoms with van der Waals surface area (Å²) < 4.78 is 0. The van der Waals surface area contributed by atoms with Gasteiger partial charge in [-0.25, -0.2) is 0 Å². The van der Waals surface area contributed by atoms with Crippen LogP contribution < -0.4 is 0 Å². The van der Waals surface area contributed by atoms with Crippen LogP contribution in [0, 0.1) is 0 Å². The number of benzene rings is 1. The Labute approximate surface area is 77.4 Å². The normalized spacial score (nSPS) is 9.75. The lowest BCUT2D eigenvalue weighted by atomic mass is 10.1. The summed E-state index contributed by atoms with van der Waals surface area (Å²) in [5.74, 6) is 0.682. The smallest absolute Gasteiger partial charge is 0.233 e. The second-order valence-electron chi connectivity index (χ2n) is 2.59. The van der Waals surface area contributed by atoms with Gasteiger partial charge in [-0.1, -0.05) is 24.3 Å². The fourth-order valence-electron chi connectivity index (χ4n) is 1.01. The lowest BCUT2D eigenvalue weighted by molar-refractivity contribution is 0.563. The summed E-state index contributed by atoms with van der Waals surface area (Å²) in [6.45, 7) is 0. The molecule has 0 aliphatic heterocycles. The van der Waals surface area contributed by atoms with Gasteiger partial charge in [0.1, 0.15) is 0 Å². The van der Waals surface area contributed by atoms with Crippen LogP contribution in [0.1, 0.15) is 17.5 Å². The maximum absolute atomic E-state index is 10.2. The molecule has 0 atom stereocenters. The van der Waals surface area contributed by atoms with Crippen LogP contribution in [0.15, 0.2) is 24.3 Å². The van der Waals surface area contributed by atoms with Crippen LogP contribution >= 0.6 is 11.6 Å². The molecule has 1 rings (SSSR count). The van der Waals surface area contributed by atoms with Crippen molar-refractivity contribution in [3.05, 3.63) is 35.4 Å². The average molecular weight is 182 g/mol. The lowest BCUT2D eigenvalue weighted by Crippen LogP contribution is -1.87. The molecular weight excluding hydrogens is 172 g/mol. The first-order valence-corrected chi connectivity index (χ1v) is 4.43. The van der Waals surface area contributed by atoms with Gasteiger partial charge in [0.05, 0.1) is 0 Å². The Kier molecular flexibility index (Phi) is 3.81. The van der Waals surface area contributed by atoms with Gasteiger partial charge in [0, 0.05) is 11.4 Å². The monoisotopic (exact) mass is 181 g/mol. The van der Waals surface area contributed by atoms with Crippen molar-refractivity contribution in [3.63, 3.8) is 0 Å². The molecule has 0 aromatic heterocycles. The summed E-state index contributed by atoms with van der Waals surface area (Å²) in [4.78, 5) is 10.2. The van der Waals surface area contributed by atoms with Gasteiger partial charge >= 0.3 is 0 Å². The van der Waals surface area contributed by atoms with Crippen molar-refractivity contribution in [2.24, 2.45) is 0 Å². The van der Waals surface area contributed by atoms with Crippen LogP contribution in [0.25, 0.3) is 0 Å². The van der Waals surface area contributed by atoms with Gasteiger partial charge < -0.3 is 0 Å².